The van der Waals surface area contributed by atoms with Gasteiger partial charge in [-0.3, -0.25) is 4.79 Å². The first-order valence-electron chi connectivity index (χ1n) is 9.42. The summed E-state index contributed by atoms with van der Waals surface area (Å²) in [5, 5.41) is 12.8. The summed E-state index contributed by atoms with van der Waals surface area (Å²) in [5.41, 5.74) is 1.28. The van der Waals surface area contributed by atoms with E-state index in [4.69, 9.17) is 4.74 Å². The van der Waals surface area contributed by atoms with Gasteiger partial charge in [0.2, 0.25) is 10.0 Å². The Hall–Kier alpha value is -2.42. The minimum Gasteiger partial charge on any atom is -0.506 e. The molecule has 1 saturated heterocycles. The molecule has 0 aliphatic carbocycles. The normalized spacial score (nSPS) is 15.8. The lowest BCUT2D eigenvalue weighted by Crippen LogP contribution is -2.40. The maximum Gasteiger partial charge on any atom is 0.255 e. The zero-order valence-corrected chi connectivity index (χ0v) is 17.6. The van der Waals surface area contributed by atoms with Crippen molar-refractivity contribution >= 4 is 21.6 Å². The van der Waals surface area contributed by atoms with E-state index in [1.165, 1.54) is 28.6 Å². The average molecular weight is 419 g/mol. The molecule has 7 nitrogen and oxygen atoms in total. The van der Waals surface area contributed by atoms with Crippen LogP contribution in [0.1, 0.15) is 36.7 Å². The fraction of sp³-hybridized carbons (Fsp3) is 0.381. The number of aromatic hydroxyl groups is 1. The van der Waals surface area contributed by atoms with E-state index in [0.717, 1.165) is 5.56 Å². The van der Waals surface area contributed by atoms with E-state index in [-0.39, 0.29) is 40.4 Å². The maximum atomic E-state index is 12.8. The number of hydrogen-bond donors (Lipinski definition) is 2. The van der Waals surface area contributed by atoms with Gasteiger partial charge >= 0.3 is 0 Å². The smallest absolute Gasteiger partial charge is 0.255 e. The van der Waals surface area contributed by atoms with Gasteiger partial charge in [-0.05, 0) is 41.3 Å². The fourth-order valence-electron chi connectivity index (χ4n) is 3.03. The maximum absolute atomic E-state index is 12.8. The van der Waals surface area contributed by atoms with Gasteiger partial charge in [0.25, 0.3) is 5.91 Å². The van der Waals surface area contributed by atoms with Crippen LogP contribution < -0.4 is 5.32 Å². The Balaban J connectivity index is 1.85. The topological polar surface area (TPSA) is 95.9 Å². The highest BCUT2D eigenvalue weighted by Crippen LogP contribution is 2.31. The average Bonchev–Trinajstić information content (AvgIpc) is 2.69. The molecule has 3 rings (SSSR count). The Bertz CT molecular complexity index is 1010. The summed E-state index contributed by atoms with van der Waals surface area (Å²) in [6, 6.07) is 11.0. The van der Waals surface area contributed by atoms with Crippen LogP contribution in [0.25, 0.3) is 0 Å². The largest absolute Gasteiger partial charge is 0.506 e. The molecule has 1 fully saturated rings. The number of benzene rings is 2. The van der Waals surface area contributed by atoms with E-state index >= 15 is 0 Å². The van der Waals surface area contributed by atoms with Gasteiger partial charge in [-0.1, -0.05) is 32.9 Å². The zero-order valence-electron chi connectivity index (χ0n) is 16.8. The molecule has 2 N–H and O–H groups in total. The monoisotopic (exact) mass is 418 g/mol. The van der Waals surface area contributed by atoms with Crippen molar-refractivity contribution in [1.29, 1.82) is 0 Å². The molecule has 29 heavy (non-hydrogen) atoms. The molecule has 1 aliphatic heterocycles. The molecule has 0 saturated carbocycles. The molecule has 1 heterocycles. The number of anilines is 1. The van der Waals surface area contributed by atoms with E-state index in [2.05, 4.69) is 5.32 Å². The summed E-state index contributed by atoms with van der Waals surface area (Å²) in [6.07, 6.45) is 0. The van der Waals surface area contributed by atoms with Crippen molar-refractivity contribution in [2.75, 3.05) is 31.6 Å². The SMILES string of the molecule is CC(C)(C)c1ccc(O)c(NC(=O)c2cccc(S(=O)(=O)N3CCOCC3)c2)c1. The second kappa shape index (κ2) is 8.14. The summed E-state index contributed by atoms with van der Waals surface area (Å²) in [6.45, 7) is 7.37. The molecule has 0 radical (unpaired) electrons. The Morgan fingerprint density at radius 1 is 1.10 bits per heavy atom. The highest BCUT2D eigenvalue weighted by Gasteiger charge is 2.27. The van der Waals surface area contributed by atoms with Crippen LogP contribution in [-0.2, 0) is 20.2 Å². The highest BCUT2D eigenvalue weighted by molar-refractivity contribution is 7.89. The second-order valence-corrected chi connectivity index (χ2v) is 9.92. The van der Waals surface area contributed by atoms with Gasteiger partial charge in [0, 0.05) is 18.7 Å². The van der Waals surface area contributed by atoms with E-state index < -0.39 is 15.9 Å². The summed E-state index contributed by atoms with van der Waals surface area (Å²) in [7, 11) is -3.70. The molecule has 8 heteroatoms. The van der Waals surface area contributed by atoms with Crippen LogP contribution in [-0.4, -0.2) is 50.0 Å². The third-order valence-corrected chi connectivity index (χ3v) is 6.71. The standard InChI is InChI=1S/C21H26N2O5S/c1-21(2,3)16-7-8-19(24)18(14-16)22-20(25)15-5-4-6-17(13-15)29(26,27)23-9-11-28-12-10-23/h4-8,13-14,24H,9-12H2,1-3H3,(H,22,25). The Morgan fingerprint density at radius 3 is 2.45 bits per heavy atom. The lowest BCUT2D eigenvalue weighted by atomic mass is 9.87. The molecule has 2 aromatic rings. The Labute approximate surface area is 171 Å². The van der Waals surface area contributed by atoms with Crippen LogP contribution in [0.15, 0.2) is 47.4 Å². The van der Waals surface area contributed by atoms with Crippen molar-refractivity contribution in [2.24, 2.45) is 0 Å². The molecular weight excluding hydrogens is 392 g/mol. The molecule has 1 amide bonds. The van der Waals surface area contributed by atoms with E-state index in [1.807, 2.05) is 20.8 Å². The summed E-state index contributed by atoms with van der Waals surface area (Å²) in [5.74, 6) is -0.547. The molecule has 0 spiro atoms. The van der Waals surface area contributed by atoms with E-state index in [0.29, 0.717) is 13.2 Å². The van der Waals surface area contributed by atoms with Crippen LogP contribution in [0.2, 0.25) is 0 Å². The Kier molecular flexibility index (Phi) is 5.97. The highest BCUT2D eigenvalue weighted by atomic mass is 32.2. The number of nitrogens with one attached hydrogen (secondary N) is 1. The first-order valence-corrected chi connectivity index (χ1v) is 10.9. The number of phenols is 1. The van der Waals surface area contributed by atoms with Gasteiger partial charge in [-0.2, -0.15) is 4.31 Å². The third kappa shape index (κ3) is 4.77. The van der Waals surface area contributed by atoms with Gasteiger partial charge in [0.15, 0.2) is 0 Å². The van der Waals surface area contributed by atoms with Crippen LogP contribution >= 0.6 is 0 Å². The molecule has 0 atom stereocenters. The quantitative estimate of drug-likeness (QED) is 0.745. The van der Waals surface area contributed by atoms with Gasteiger partial charge in [-0.15, -0.1) is 0 Å². The molecule has 0 aromatic heterocycles. The van der Waals surface area contributed by atoms with Crippen molar-refractivity contribution in [3.8, 4) is 5.75 Å². The number of amides is 1. The predicted octanol–water partition coefficient (Wildman–Crippen LogP) is 2.96. The molecule has 1 aliphatic rings. The first kappa shape index (κ1) is 21.3. The van der Waals surface area contributed by atoms with Crippen LogP contribution in [0.4, 0.5) is 5.69 Å². The number of morpholine rings is 1. The number of carbonyl (C=O) groups is 1. The van der Waals surface area contributed by atoms with Crippen LogP contribution in [0, 0.1) is 0 Å². The fourth-order valence-corrected chi connectivity index (χ4v) is 4.49. The lowest BCUT2D eigenvalue weighted by Gasteiger charge is -2.26. The van der Waals surface area contributed by atoms with E-state index in [9.17, 15) is 18.3 Å². The van der Waals surface area contributed by atoms with E-state index in [1.54, 1.807) is 18.2 Å². The Morgan fingerprint density at radius 2 is 1.79 bits per heavy atom. The van der Waals surface area contributed by atoms with Crippen molar-refractivity contribution in [1.82, 2.24) is 4.31 Å². The number of carbonyl (C=O) groups excluding carboxylic acids is 1. The summed E-state index contributed by atoms with van der Waals surface area (Å²) in [4.78, 5) is 12.8. The minimum absolute atomic E-state index is 0.0524. The second-order valence-electron chi connectivity index (χ2n) is 7.98. The van der Waals surface area contributed by atoms with Crippen LogP contribution in [0.5, 0.6) is 5.75 Å². The molecular formula is C21H26N2O5S. The molecule has 0 bridgehead atoms. The number of phenolic OH excluding ortho intramolecular Hbond substituents is 1. The molecule has 2 aromatic carbocycles. The predicted molar refractivity (Wildman–Crippen MR) is 111 cm³/mol. The summed E-state index contributed by atoms with van der Waals surface area (Å²) >= 11 is 0. The molecule has 0 unspecified atom stereocenters. The summed E-state index contributed by atoms with van der Waals surface area (Å²) < 4.78 is 32.2. The minimum atomic E-state index is -3.70. The number of sulfonamides is 1. The van der Waals surface area contributed by atoms with Crippen molar-refractivity contribution in [3.63, 3.8) is 0 Å². The zero-order chi connectivity index (χ0) is 21.2. The van der Waals surface area contributed by atoms with Gasteiger partial charge in [-0.25, -0.2) is 8.42 Å². The van der Waals surface area contributed by atoms with Crippen LogP contribution in [0.3, 0.4) is 0 Å². The number of hydrogen-bond acceptors (Lipinski definition) is 5. The van der Waals surface area contributed by atoms with Gasteiger partial charge < -0.3 is 15.2 Å². The third-order valence-electron chi connectivity index (χ3n) is 4.81. The van der Waals surface area contributed by atoms with Gasteiger partial charge in [0.1, 0.15) is 5.75 Å². The van der Waals surface area contributed by atoms with Crippen molar-refractivity contribution in [3.05, 3.63) is 53.6 Å². The molecule has 156 valence electrons. The lowest BCUT2D eigenvalue weighted by molar-refractivity contribution is 0.0730. The van der Waals surface area contributed by atoms with Crippen molar-refractivity contribution < 1.29 is 23.1 Å². The first-order chi connectivity index (χ1) is 13.6. The van der Waals surface area contributed by atoms with Gasteiger partial charge in [0.05, 0.1) is 23.8 Å². The van der Waals surface area contributed by atoms with Crippen molar-refractivity contribution in [2.45, 2.75) is 31.1 Å². The number of nitrogens with zero attached hydrogens (tertiary/aromatic N) is 1. The number of rotatable bonds is 4. The number of ether oxygens (including phenoxy) is 1.